The zero-order valence-electron chi connectivity index (χ0n) is 56.9. The Bertz CT molecular complexity index is 3750. The molecule has 5 aromatic carbocycles. The van der Waals surface area contributed by atoms with Crippen LogP contribution in [0.1, 0.15) is 124 Å². The summed E-state index contributed by atoms with van der Waals surface area (Å²) in [7, 11) is 0. The van der Waals surface area contributed by atoms with E-state index in [1.807, 2.05) is 68.1 Å². The van der Waals surface area contributed by atoms with Crippen LogP contribution in [-0.2, 0) is 16.0 Å². The molecule has 0 aliphatic carbocycles. The molecule has 6 aromatic rings. The minimum absolute atomic E-state index is 0. The van der Waals surface area contributed by atoms with E-state index in [9.17, 15) is 38.9 Å². The first kappa shape index (κ1) is 76.5. The van der Waals surface area contributed by atoms with Gasteiger partial charge in [-0.3, -0.25) is 24.2 Å². The molecule has 0 saturated carbocycles. The topological polar surface area (TPSA) is 189 Å². The van der Waals surface area contributed by atoms with E-state index in [1.165, 1.54) is 12.1 Å². The summed E-state index contributed by atoms with van der Waals surface area (Å²) in [5.74, 6) is 0.952. The van der Waals surface area contributed by atoms with Crippen molar-refractivity contribution in [3.63, 3.8) is 0 Å². The number of piperidine rings is 6. The van der Waals surface area contributed by atoms with Crippen molar-refractivity contribution in [2.45, 2.75) is 141 Å². The fourth-order valence-corrected chi connectivity index (χ4v) is 15.6. The second-order valence-corrected chi connectivity index (χ2v) is 29.7. The fourth-order valence-electron chi connectivity index (χ4n) is 14.5. The van der Waals surface area contributed by atoms with E-state index in [2.05, 4.69) is 29.5 Å². The van der Waals surface area contributed by atoms with Crippen molar-refractivity contribution in [3.8, 4) is 17.2 Å². The molecule has 6 saturated heterocycles. The molecule has 6 aliphatic rings. The molecule has 6 fully saturated rings. The van der Waals surface area contributed by atoms with Gasteiger partial charge in [0.1, 0.15) is 64.8 Å². The molecule has 544 valence electrons. The number of benzene rings is 5. The highest BCUT2D eigenvalue weighted by Crippen LogP contribution is 2.38. The van der Waals surface area contributed by atoms with Crippen LogP contribution in [-0.4, -0.2) is 190 Å². The van der Waals surface area contributed by atoms with Gasteiger partial charge in [0.05, 0.1) is 20.1 Å². The number of carbonyl (C=O) groups excluding carboxylic acids is 1. The summed E-state index contributed by atoms with van der Waals surface area (Å²) in [6.07, 6.45) is 12.8. The van der Waals surface area contributed by atoms with Crippen LogP contribution in [0.3, 0.4) is 0 Å². The second kappa shape index (κ2) is 36.3. The number of aromatic nitrogens is 1. The van der Waals surface area contributed by atoms with Crippen LogP contribution in [0.4, 0.5) is 10.2 Å². The number of aromatic carboxylic acids is 1. The Hall–Kier alpha value is -6.16. The number of halogens is 7. The first-order valence-corrected chi connectivity index (χ1v) is 37.1. The average molecular weight is 1500 g/mol. The van der Waals surface area contributed by atoms with E-state index >= 15 is 0 Å². The van der Waals surface area contributed by atoms with E-state index in [4.69, 9.17) is 83.8 Å². The minimum atomic E-state index is -0.920. The number of hydrogen-bond acceptors (Lipinski definition) is 13. The monoisotopic (exact) mass is 1500 g/mol. The van der Waals surface area contributed by atoms with Gasteiger partial charge in [-0.05, 0) is 212 Å². The number of aryl methyl sites for hydroxylation is 1. The molecule has 17 nitrogen and oxygen atoms in total. The lowest BCUT2D eigenvalue weighted by molar-refractivity contribution is -0.148. The molecule has 1 amide bonds. The maximum atomic E-state index is 13.2. The third-order valence-corrected chi connectivity index (χ3v) is 23.0. The van der Waals surface area contributed by atoms with Gasteiger partial charge in [-0.25, -0.2) is 14.2 Å². The fraction of sp³-hybridized carbons (Fsp3) is 0.487. The van der Waals surface area contributed by atoms with Crippen LogP contribution in [0.25, 0.3) is 0 Å². The van der Waals surface area contributed by atoms with Gasteiger partial charge in [0, 0.05) is 117 Å². The normalized spacial score (nSPS) is 20.1. The summed E-state index contributed by atoms with van der Waals surface area (Å²) in [5.41, 5.74) is 4.54. The molecule has 7 heterocycles. The number of rotatable bonds is 19. The molecule has 0 radical (unpaired) electrons. The van der Waals surface area contributed by atoms with Crippen molar-refractivity contribution in [1.82, 2.24) is 29.5 Å². The molecule has 3 atom stereocenters. The molecule has 0 bridgehead atoms. The van der Waals surface area contributed by atoms with Gasteiger partial charge in [0.15, 0.2) is 0 Å². The van der Waals surface area contributed by atoms with Crippen molar-refractivity contribution < 1.29 is 57.4 Å². The minimum Gasteiger partial charge on any atom is -0.490 e. The summed E-state index contributed by atoms with van der Waals surface area (Å²) >= 11 is 37.1. The highest BCUT2D eigenvalue weighted by atomic mass is 35.5. The predicted octanol–water partition coefficient (Wildman–Crippen LogP) is 16.5. The number of aliphatic carboxylic acids is 2. The van der Waals surface area contributed by atoms with E-state index in [0.717, 1.165) is 158 Å². The SMILES string of the molecule is Cc1c(Cl)ccc(OC2CCN(CC3CCN([C@@H](Cc4ccc(F)cc4)C(=O)O)CC3)CC2)c1Cl.Cc1ccc(C(=O)N2CCC(N3CC[C@@H](Oc4ccc(Cl)c(C)c4Cl)C[C@H]3C(=O)O)CC2)cc1.O=C(O)c1cccnc1N1CCC(CN2CCC(Oc3ccc(Cl)c(Cl)c3)CC2)CC1.[HH].[HH].[HH]. The number of hydrogen-bond donors (Lipinski definition) is 3. The van der Waals surface area contributed by atoms with E-state index in [1.54, 1.807) is 54.7 Å². The quantitative estimate of drug-likeness (QED) is 0.0694. The number of nitrogens with zero attached hydrogens (tertiary/aromatic N) is 7. The first-order chi connectivity index (χ1) is 48.0. The van der Waals surface area contributed by atoms with Gasteiger partial charge < -0.3 is 49.1 Å². The standard InChI is InChI=1S/C27H33Cl2FN2O3.C26H30Cl2N2O4.C23H27Cl2N3O3.3H2/c1-18-23(28)6-7-25(26(18)29)35-22-10-12-31(13-11-22)17-20-8-14-32(15-9-20)24(27(33)34)16-19-2-4-21(30)5-3-19;1-16-3-5-18(6-4-16)25(31)29-12-9-19(10-13-29)30-14-11-20(15-22(30)26(32)33)34-23-8-7-21(27)17(2)24(23)28;24-20-4-3-18(14-21(20)25)31-17-7-10-27(11-8-17)15-16-5-12-28(13-6-16)22-19(23(29)30)2-1-9-26-22;;;/h2-7,20,22,24H,8-17H2,1H3,(H,33,34);3-8,19-20,22H,9-15H2,1-2H3,(H,32,33);1-4,9,14,16-17H,5-8,10-13,15H2,(H,29,30);3*1H/t24-;20-,22+;;;;/m01..../s1. The lowest BCUT2D eigenvalue weighted by Gasteiger charge is -2.44. The number of ether oxygens (including phenoxy) is 3. The number of likely N-dealkylation sites (tertiary alicyclic amines) is 5. The van der Waals surface area contributed by atoms with Crippen LogP contribution in [0.2, 0.25) is 30.1 Å². The van der Waals surface area contributed by atoms with Crippen molar-refractivity contribution in [2.75, 3.05) is 90.0 Å². The van der Waals surface area contributed by atoms with Crippen molar-refractivity contribution in [2.24, 2.45) is 11.8 Å². The molecule has 24 heteroatoms. The van der Waals surface area contributed by atoms with Gasteiger partial charge >= 0.3 is 17.9 Å². The second-order valence-electron chi connectivity index (χ2n) is 27.3. The van der Waals surface area contributed by atoms with E-state index in [0.29, 0.717) is 104 Å². The third kappa shape index (κ3) is 20.8. The molecule has 0 unspecified atom stereocenters. The van der Waals surface area contributed by atoms with E-state index in [-0.39, 0.29) is 45.9 Å². The summed E-state index contributed by atoms with van der Waals surface area (Å²) in [6.45, 7) is 17.0. The van der Waals surface area contributed by atoms with Crippen molar-refractivity contribution >= 4 is 99.2 Å². The maximum Gasteiger partial charge on any atom is 0.339 e. The van der Waals surface area contributed by atoms with Crippen LogP contribution in [0.15, 0.2) is 109 Å². The van der Waals surface area contributed by atoms with E-state index < -0.39 is 30.0 Å². The molecule has 3 N–H and O–H groups in total. The molecule has 100 heavy (non-hydrogen) atoms. The molecule has 1 aromatic heterocycles. The average Bonchev–Trinajstić information content (AvgIpc) is 0.821. The third-order valence-electron chi connectivity index (χ3n) is 20.5. The highest BCUT2D eigenvalue weighted by molar-refractivity contribution is 6.42. The highest BCUT2D eigenvalue weighted by Gasteiger charge is 2.40. The first-order valence-electron chi connectivity index (χ1n) is 34.8. The summed E-state index contributed by atoms with van der Waals surface area (Å²) in [5, 5.41) is 32.5. The Labute approximate surface area is 620 Å². The Balaban J connectivity index is 0.000000214. The largest absolute Gasteiger partial charge is 0.490 e. The van der Waals surface area contributed by atoms with Gasteiger partial charge in [0.2, 0.25) is 0 Å². The van der Waals surface area contributed by atoms with Crippen LogP contribution in [0, 0.1) is 38.4 Å². The number of carbonyl (C=O) groups is 4. The van der Waals surface area contributed by atoms with Gasteiger partial charge in [-0.2, -0.15) is 0 Å². The van der Waals surface area contributed by atoms with Crippen LogP contribution < -0.4 is 19.1 Å². The number of amides is 1. The molecular formula is C76H96Cl6FN7O10. The smallest absolute Gasteiger partial charge is 0.339 e. The Kier molecular flexibility index (Phi) is 27.8. The molecular weight excluding hydrogens is 1400 g/mol. The van der Waals surface area contributed by atoms with Crippen molar-refractivity contribution in [1.29, 1.82) is 0 Å². The Morgan fingerprint density at radius 1 is 0.570 bits per heavy atom. The molecule has 6 aliphatic heterocycles. The summed E-state index contributed by atoms with van der Waals surface area (Å²) in [6, 6.07) is 28.5. The lowest BCUT2D eigenvalue weighted by atomic mass is 9.93. The molecule has 12 rings (SSSR count). The zero-order valence-corrected chi connectivity index (χ0v) is 61.4. The lowest BCUT2D eigenvalue weighted by Crippen LogP contribution is -2.56. The Morgan fingerprint density at radius 2 is 1.10 bits per heavy atom. The van der Waals surface area contributed by atoms with Crippen LogP contribution >= 0.6 is 69.6 Å². The number of anilines is 1. The zero-order chi connectivity index (χ0) is 71.1. The maximum absolute atomic E-state index is 13.2. The number of carboxylic acids is 3. The van der Waals surface area contributed by atoms with Gasteiger partial charge in [-0.15, -0.1) is 0 Å². The molecule has 0 spiro atoms. The summed E-state index contributed by atoms with van der Waals surface area (Å²) < 4.78 is 31.6. The number of pyridine rings is 1. The Morgan fingerprint density at radius 3 is 1.64 bits per heavy atom. The summed E-state index contributed by atoms with van der Waals surface area (Å²) in [4.78, 5) is 65.9. The van der Waals surface area contributed by atoms with Gasteiger partial charge in [0.25, 0.3) is 5.91 Å². The van der Waals surface area contributed by atoms with Crippen LogP contribution in [0.5, 0.6) is 17.2 Å². The van der Waals surface area contributed by atoms with Crippen molar-refractivity contribution in [3.05, 3.63) is 179 Å². The van der Waals surface area contributed by atoms with Gasteiger partial charge in [-0.1, -0.05) is 99.4 Å². The number of carboxylic acid groups (broad SMARTS) is 3. The predicted molar refractivity (Wildman–Crippen MR) is 399 cm³/mol.